The Morgan fingerprint density at radius 1 is 1.39 bits per heavy atom. The first-order chi connectivity index (χ1) is 8.65. The minimum Gasteiger partial charge on any atom is -0.376 e. The fourth-order valence-corrected chi connectivity index (χ4v) is 1.28. The molecule has 0 fully saturated rings. The highest BCUT2D eigenvalue weighted by Crippen LogP contribution is 2.08. The number of terminal acetylenes is 1. The summed E-state index contributed by atoms with van der Waals surface area (Å²) >= 11 is 0. The molecule has 5 heteroatoms. The van der Waals surface area contributed by atoms with E-state index in [-0.39, 0.29) is 6.54 Å². The van der Waals surface area contributed by atoms with Crippen LogP contribution in [-0.4, -0.2) is 25.0 Å². The first-order valence-corrected chi connectivity index (χ1v) is 5.54. The van der Waals surface area contributed by atoms with Gasteiger partial charge in [0.25, 0.3) is 0 Å². The zero-order chi connectivity index (χ0) is 13.4. The van der Waals surface area contributed by atoms with Gasteiger partial charge in [-0.25, -0.2) is 4.79 Å². The van der Waals surface area contributed by atoms with Crippen LogP contribution < -0.4 is 16.0 Å². The number of carbonyl (C=O) groups is 2. The third-order valence-electron chi connectivity index (χ3n) is 2.07. The summed E-state index contributed by atoms with van der Waals surface area (Å²) in [6, 6.07) is 6.63. The Morgan fingerprint density at radius 3 is 2.83 bits per heavy atom. The number of hydrogen-bond acceptors (Lipinski definition) is 3. The van der Waals surface area contributed by atoms with Gasteiger partial charge in [-0.3, -0.25) is 10.1 Å². The van der Waals surface area contributed by atoms with Crippen LogP contribution in [0.3, 0.4) is 0 Å². The largest absolute Gasteiger partial charge is 0.376 e. The van der Waals surface area contributed by atoms with E-state index in [4.69, 9.17) is 6.42 Å². The highest BCUT2D eigenvalue weighted by molar-refractivity contribution is 5.96. The second kappa shape index (κ2) is 6.97. The predicted molar refractivity (Wildman–Crippen MR) is 70.1 cm³/mol. The molecule has 94 valence electrons. The molecule has 0 aliphatic carbocycles. The molecule has 0 saturated heterocycles. The van der Waals surface area contributed by atoms with Gasteiger partial charge in [0.05, 0.1) is 6.54 Å². The van der Waals surface area contributed by atoms with Crippen molar-refractivity contribution in [2.75, 3.05) is 18.4 Å². The number of imide groups is 1. The SMILES string of the molecule is C#Cc1cccc(NCC(=O)NC(=O)NCC)c1. The summed E-state index contributed by atoms with van der Waals surface area (Å²) in [5.41, 5.74) is 1.46. The smallest absolute Gasteiger partial charge is 0.321 e. The van der Waals surface area contributed by atoms with Crippen LogP contribution in [0.25, 0.3) is 0 Å². The molecule has 3 amide bonds. The van der Waals surface area contributed by atoms with E-state index in [1.54, 1.807) is 31.2 Å². The zero-order valence-corrected chi connectivity index (χ0v) is 10.1. The van der Waals surface area contributed by atoms with Crippen molar-refractivity contribution >= 4 is 17.6 Å². The van der Waals surface area contributed by atoms with Gasteiger partial charge in [-0.1, -0.05) is 12.0 Å². The lowest BCUT2D eigenvalue weighted by atomic mass is 10.2. The number of rotatable bonds is 4. The fourth-order valence-electron chi connectivity index (χ4n) is 1.28. The molecule has 0 aliphatic rings. The summed E-state index contributed by atoms with van der Waals surface area (Å²) in [4.78, 5) is 22.4. The van der Waals surface area contributed by atoms with Crippen molar-refractivity contribution in [2.45, 2.75) is 6.92 Å². The van der Waals surface area contributed by atoms with E-state index < -0.39 is 11.9 Å². The maximum Gasteiger partial charge on any atom is 0.321 e. The van der Waals surface area contributed by atoms with E-state index >= 15 is 0 Å². The lowest BCUT2D eigenvalue weighted by molar-refractivity contribution is -0.118. The van der Waals surface area contributed by atoms with Crippen molar-refractivity contribution in [3.63, 3.8) is 0 Å². The Balaban J connectivity index is 2.43. The molecule has 0 radical (unpaired) electrons. The second-order valence-corrected chi connectivity index (χ2v) is 3.49. The first-order valence-electron chi connectivity index (χ1n) is 5.54. The van der Waals surface area contributed by atoms with Gasteiger partial charge in [0.15, 0.2) is 0 Å². The van der Waals surface area contributed by atoms with Crippen LogP contribution in [0.2, 0.25) is 0 Å². The molecule has 0 aliphatic heterocycles. The molecule has 0 heterocycles. The van der Waals surface area contributed by atoms with Crippen molar-refractivity contribution in [1.29, 1.82) is 0 Å². The average molecular weight is 245 g/mol. The molecule has 0 aromatic heterocycles. The minimum absolute atomic E-state index is 0.00512. The summed E-state index contributed by atoms with van der Waals surface area (Å²) in [5, 5.41) is 7.53. The molecular formula is C13H15N3O2. The molecule has 3 N–H and O–H groups in total. The Kier molecular flexibility index (Phi) is 5.26. The number of amides is 3. The van der Waals surface area contributed by atoms with Gasteiger partial charge in [0.2, 0.25) is 5.91 Å². The summed E-state index contributed by atoms with van der Waals surface area (Å²) in [6.07, 6.45) is 5.26. The Hall–Kier alpha value is -2.48. The summed E-state index contributed by atoms with van der Waals surface area (Å²) in [7, 11) is 0. The van der Waals surface area contributed by atoms with E-state index in [1.165, 1.54) is 0 Å². The standard InChI is InChI=1S/C13H15N3O2/c1-3-10-6-5-7-11(8-10)15-9-12(17)16-13(18)14-4-2/h1,5-8,15H,4,9H2,2H3,(H2,14,16,17,18). The van der Waals surface area contributed by atoms with Crippen molar-refractivity contribution in [3.05, 3.63) is 29.8 Å². The molecular weight excluding hydrogens is 230 g/mol. The van der Waals surface area contributed by atoms with Gasteiger partial charge in [0, 0.05) is 17.8 Å². The Bertz CT molecular complexity index is 477. The van der Waals surface area contributed by atoms with Crippen molar-refractivity contribution in [2.24, 2.45) is 0 Å². The van der Waals surface area contributed by atoms with Crippen LogP contribution in [0.1, 0.15) is 12.5 Å². The lowest BCUT2D eigenvalue weighted by Crippen LogP contribution is -2.41. The van der Waals surface area contributed by atoms with Crippen molar-refractivity contribution in [1.82, 2.24) is 10.6 Å². The van der Waals surface area contributed by atoms with Crippen molar-refractivity contribution in [3.8, 4) is 12.3 Å². The van der Waals surface area contributed by atoms with Gasteiger partial charge >= 0.3 is 6.03 Å². The third kappa shape index (κ3) is 4.58. The van der Waals surface area contributed by atoms with Gasteiger partial charge in [-0.05, 0) is 25.1 Å². The van der Waals surface area contributed by atoms with Crippen LogP contribution in [0, 0.1) is 12.3 Å². The zero-order valence-electron chi connectivity index (χ0n) is 10.1. The maximum atomic E-state index is 11.4. The summed E-state index contributed by atoms with van der Waals surface area (Å²) in [6.45, 7) is 2.25. The van der Waals surface area contributed by atoms with E-state index in [1.807, 2.05) is 0 Å². The Labute approximate surface area is 106 Å². The lowest BCUT2D eigenvalue weighted by Gasteiger charge is -2.07. The minimum atomic E-state index is -0.498. The number of carbonyl (C=O) groups excluding carboxylic acids is 2. The van der Waals surface area contributed by atoms with E-state index in [0.717, 1.165) is 11.3 Å². The molecule has 1 aromatic carbocycles. The van der Waals surface area contributed by atoms with E-state index in [9.17, 15) is 9.59 Å². The molecule has 18 heavy (non-hydrogen) atoms. The summed E-state index contributed by atoms with van der Waals surface area (Å²) in [5.74, 6) is 2.09. The van der Waals surface area contributed by atoms with Crippen molar-refractivity contribution < 1.29 is 9.59 Å². The van der Waals surface area contributed by atoms with Gasteiger partial charge in [-0.2, -0.15) is 0 Å². The molecule has 1 aromatic rings. The highest BCUT2D eigenvalue weighted by Gasteiger charge is 2.05. The number of anilines is 1. The molecule has 0 bridgehead atoms. The van der Waals surface area contributed by atoms with Crippen LogP contribution >= 0.6 is 0 Å². The molecule has 0 unspecified atom stereocenters. The van der Waals surface area contributed by atoms with Crippen LogP contribution in [0.5, 0.6) is 0 Å². The second-order valence-electron chi connectivity index (χ2n) is 3.49. The van der Waals surface area contributed by atoms with E-state index in [0.29, 0.717) is 6.54 Å². The monoisotopic (exact) mass is 245 g/mol. The fraction of sp³-hybridized carbons (Fsp3) is 0.231. The molecule has 1 rings (SSSR count). The molecule has 0 atom stereocenters. The third-order valence-corrected chi connectivity index (χ3v) is 2.07. The average Bonchev–Trinajstić information content (AvgIpc) is 2.37. The van der Waals surface area contributed by atoms with Crippen LogP contribution in [0.15, 0.2) is 24.3 Å². The quantitative estimate of drug-likeness (QED) is 0.691. The topological polar surface area (TPSA) is 70.2 Å². The molecule has 5 nitrogen and oxygen atoms in total. The maximum absolute atomic E-state index is 11.4. The van der Waals surface area contributed by atoms with Gasteiger partial charge < -0.3 is 10.6 Å². The molecule has 0 saturated carbocycles. The first kappa shape index (κ1) is 13.6. The van der Waals surface area contributed by atoms with E-state index in [2.05, 4.69) is 21.9 Å². The summed E-state index contributed by atoms with van der Waals surface area (Å²) < 4.78 is 0. The number of nitrogens with one attached hydrogen (secondary N) is 3. The van der Waals surface area contributed by atoms with Crippen LogP contribution in [0.4, 0.5) is 10.5 Å². The van der Waals surface area contributed by atoms with Gasteiger partial charge in [0.1, 0.15) is 0 Å². The predicted octanol–water partition coefficient (Wildman–Crippen LogP) is 0.925. The van der Waals surface area contributed by atoms with Crippen LogP contribution in [-0.2, 0) is 4.79 Å². The number of benzene rings is 1. The number of urea groups is 1. The normalized spacial score (nSPS) is 9.11. The molecule has 0 spiro atoms. The van der Waals surface area contributed by atoms with Gasteiger partial charge in [-0.15, -0.1) is 6.42 Å². The Morgan fingerprint density at radius 2 is 2.17 bits per heavy atom. The number of hydrogen-bond donors (Lipinski definition) is 3. The highest BCUT2D eigenvalue weighted by atomic mass is 16.2.